The molecule has 1 N–H and O–H groups in total. The number of allylic oxidation sites excluding steroid dienone is 1. The number of nitrogens with one attached hydrogen (secondary N) is 1. The fourth-order valence-corrected chi connectivity index (χ4v) is 2.68. The average molecular weight is 382 g/mol. The van der Waals surface area contributed by atoms with Crippen LogP contribution in [0.25, 0.3) is 6.08 Å². The maximum absolute atomic E-state index is 12.4. The lowest BCUT2D eigenvalue weighted by Gasteiger charge is -2.07. The summed E-state index contributed by atoms with van der Waals surface area (Å²) in [6, 6.07) is 22.6. The molecule has 0 atom stereocenters. The van der Waals surface area contributed by atoms with Gasteiger partial charge in [-0.3, -0.25) is 9.59 Å². The van der Waals surface area contributed by atoms with E-state index in [9.17, 15) is 9.59 Å². The average Bonchev–Trinajstić information content (AvgIpc) is 2.77. The van der Waals surface area contributed by atoms with Crippen molar-refractivity contribution in [3.8, 4) is 11.8 Å². The van der Waals surface area contributed by atoms with Crippen molar-refractivity contribution in [1.82, 2.24) is 0 Å². The molecule has 0 aliphatic heterocycles. The van der Waals surface area contributed by atoms with E-state index in [0.29, 0.717) is 28.1 Å². The van der Waals surface area contributed by atoms with Crippen molar-refractivity contribution < 1.29 is 14.3 Å². The van der Waals surface area contributed by atoms with E-state index >= 15 is 0 Å². The second-order valence-electron chi connectivity index (χ2n) is 6.20. The Kier molecular flexibility index (Phi) is 6.18. The molecule has 5 nitrogen and oxygen atoms in total. The van der Waals surface area contributed by atoms with E-state index < -0.39 is 0 Å². The number of hydrogen-bond donors (Lipinski definition) is 1. The fourth-order valence-electron chi connectivity index (χ4n) is 2.68. The second kappa shape index (κ2) is 9.16. The van der Waals surface area contributed by atoms with E-state index in [4.69, 9.17) is 10.00 Å². The van der Waals surface area contributed by atoms with Gasteiger partial charge in [0.15, 0.2) is 5.78 Å². The van der Waals surface area contributed by atoms with E-state index in [1.807, 2.05) is 12.1 Å². The van der Waals surface area contributed by atoms with Crippen molar-refractivity contribution >= 4 is 23.5 Å². The monoisotopic (exact) mass is 382 g/mol. The molecule has 0 aliphatic rings. The van der Waals surface area contributed by atoms with Crippen LogP contribution in [0.3, 0.4) is 0 Å². The zero-order valence-corrected chi connectivity index (χ0v) is 15.8. The van der Waals surface area contributed by atoms with Crippen LogP contribution in [-0.4, -0.2) is 18.8 Å². The summed E-state index contributed by atoms with van der Waals surface area (Å²) >= 11 is 0. The highest BCUT2D eigenvalue weighted by Crippen LogP contribution is 2.16. The molecule has 0 radical (unpaired) electrons. The van der Waals surface area contributed by atoms with Crippen LogP contribution in [0.1, 0.15) is 31.8 Å². The molecule has 3 aromatic carbocycles. The predicted molar refractivity (Wildman–Crippen MR) is 112 cm³/mol. The largest absolute Gasteiger partial charge is 0.497 e. The van der Waals surface area contributed by atoms with Crippen molar-refractivity contribution in [1.29, 1.82) is 5.26 Å². The number of benzene rings is 3. The van der Waals surface area contributed by atoms with E-state index in [2.05, 4.69) is 5.32 Å². The van der Waals surface area contributed by atoms with Gasteiger partial charge < -0.3 is 10.1 Å². The van der Waals surface area contributed by atoms with Gasteiger partial charge in [-0.1, -0.05) is 30.3 Å². The van der Waals surface area contributed by atoms with E-state index in [-0.39, 0.29) is 11.7 Å². The second-order valence-corrected chi connectivity index (χ2v) is 6.20. The molecule has 0 spiro atoms. The lowest BCUT2D eigenvalue weighted by molar-refractivity contribution is 0.102. The lowest BCUT2D eigenvalue weighted by atomic mass is 10.1. The standard InChI is InChI=1S/C24H18N2O3/c1-29-22-11-9-19(10-12-22)24(28)26-21-7-3-4-17(15-21)8-13-23(27)20-6-2-5-18(14-20)16-25/h2-15H,1H3,(H,26,28)/b13-8+. The highest BCUT2D eigenvalue weighted by molar-refractivity contribution is 6.07. The number of ether oxygens (including phenoxy) is 1. The Morgan fingerprint density at radius 2 is 1.72 bits per heavy atom. The Hall–Kier alpha value is -4.17. The van der Waals surface area contributed by atoms with Crippen LogP contribution in [-0.2, 0) is 0 Å². The summed E-state index contributed by atoms with van der Waals surface area (Å²) in [4.78, 5) is 24.7. The number of amides is 1. The number of carbonyl (C=O) groups is 2. The third-order valence-electron chi connectivity index (χ3n) is 4.20. The summed E-state index contributed by atoms with van der Waals surface area (Å²) < 4.78 is 5.09. The molecule has 0 aromatic heterocycles. The van der Waals surface area contributed by atoms with Crippen LogP contribution >= 0.6 is 0 Å². The predicted octanol–water partition coefficient (Wildman–Crippen LogP) is 4.72. The molecule has 0 saturated carbocycles. The van der Waals surface area contributed by atoms with Gasteiger partial charge in [-0.2, -0.15) is 5.26 Å². The number of rotatable bonds is 6. The van der Waals surface area contributed by atoms with Crippen LogP contribution < -0.4 is 10.1 Å². The number of nitriles is 1. The molecule has 29 heavy (non-hydrogen) atoms. The SMILES string of the molecule is COc1ccc(C(=O)Nc2cccc(/C=C/C(=O)c3cccc(C#N)c3)c2)cc1. The van der Waals surface area contributed by atoms with E-state index in [1.165, 1.54) is 6.08 Å². The Labute approximate surface area is 168 Å². The van der Waals surface area contributed by atoms with Crippen LogP contribution in [0, 0.1) is 11.3 Å². The van der Waals surface area contributed by atoms with Gasteiger partial charge in [0.25, 0.3) is 5.91 Å². The van der Waals surface area contributed by atoms with Crippen molar-refractivity contribution in [3.05, 3.63) is 101 Å². The number of carbonyl (C=O) groups excluding carboxylic acids is 2. The number of ketones is 1. The minimum Gasteiger partial charge on any atom is -0.497 e. The quantitative estimate of drug-likeness (QED) is 0.494. The number of nitrogens with zero attached hydrogens (tertiary/aromatic N) is 1. The topological polar surface area (TPSA) is 79.2 Å². The molecule has 1 amide bonds. The molecule has 0 bridgehead atoms. The summed E-state index contributed by atoms with van der Waals surface area (Å²) in [5.41, 5.74) is 2.78. The number of hydrogen-bond acceptors (Lipinski definition) is 4. The fraction of sp³-hybridized carbons (Fsp3) is 0.0417. The van der Waals surface area contributed by atoms with Crippen molar-refractivity contribution in [2.45, 2.75) is 0 Å². The van der Waals surface area contributed by atoms with E-state index in [0.717, 1.165) is 5.56 Å². The van der Waals surface area contributed by atoms with Gasteiger partial charge >= 0.3 is 0 Å². The van der Waals surface area contributed by atoms with Gasteiger partial charge in [0, 0.05) is 16.8 Å². The van der Waals surface area contributed by atoms with Gasteiger partial charge in [-0.15, -0.1) is 0 Å². The first kappa shape index (κ1) is 19.6. The highest BCUT2D eigenvalue weighted by Gasteiger charge is 2.07. The van der Waals surface area contributed by atoms with Crippen molar-refractivity contribution in [2.75, 3.05) is 12.4 Å². The normalized spacial score (nSPS) is 10.3. The van der Waals surface area contributed by atoms with Crippen LogP contribution in [0.15, 0.2) is 78.9 Å². The zero-order chi connectivity index (χ0) is 20.6. The lowest BCUT2D eigenvalue weighted by Crippen LogP contribution is -2.11. The van der Waals surface area contributed by atoms with E-state index in [1.54, 1.807) is 79.9 Å². The Balaban J connectivity index is 1.70. The minimum atomic E-state index is -0.238. The molecule has 0 unspecified atom stereocenters. The molecule has 5 heteroatoms. The van der Waals surface area contributed by atoms with Gasteiger partial charge in [0.2, 0.25) is 0 Å². The molecule has 0 aliphatic carbocycles. The molecule has 0 heterocycles. The molecular weight excluding hydrogens is 364 g/mol. The number of anilines is 1. The third kappa shape index (κ3) is 5.18. The van der Waals surface area contributed by atoms with Crippen LogP contribution in [0.2, 0.25) is 0 Å². The molecule has 0 saturated heterocycles. The summed E-state index contributed by atoms with van der Waals surface area (Å²) in [7, 11) is 1.57. The molecule has 0 fully saturated rings. The van der Waals surface area contributed by atoms with Crippen LogP contribution in [0.5, 0.6) is 5.75 Å². The summed E-state index contributed by atoms with van der Waals surface area (Å²) in [5.74, 6) is 0.242. The first-order valence-corrected chi connectivity index (χ1v) is 8.87. The zero-order valence-electron chi connectivity index (χ0n) is 15.8. The molecule has 3 aromatic rings. The third-order valence-corrected chi connectivity index (χ3v) is 4.20. The minimum absolute atomic E-state index is 0.199. The van der Waals surface area contributed by atoms with Gasteiger partial charge in [0.05, 0.1) is 18.7 Å². The Bertz CT molecular complexity index is 1110. The maximum Gasteiger partial charge on any atom is 0.255 e. The smallest absolute Gasteiger partial charge is 0.255 e. The van der Waals surface area contributed by atoms with Gasteiger partial charge in [-0.25, -0.2) is 0 Å². The first-order valence-electron chi connectivity index (χ1n) is 8.87. The summed E-state index contributed by atoms with van der Waals surface area (Å²) in [6.45, 7) is 0. The maximum atomic E-state index is 12.4. The Morgan fingerprint density at radius 3 is 2.45 bits per heavy atom. The van der Waals surface area contributed by atoms with Gasteiger partial charge in [0.1, 0.15) is 5.75 Å². The summed E-state index contributed by atoms with van der Waals surface area (Å²) in [6.07, 6.45) is 3.12. The molecule has 142 valence electrons. The molecule has 3 rings (SSSR count). The Morgan fingerprint density at radius 1 is 0.966 bits per heavy atom. The first-order chi connectivity index (χ1) is 14.1. The highest BCUT2D eigenvalue weighted by atomic mass is 16.5. The summed E-state index contributed by atoms with van der Waals surface area (Å²) in [5, 5.41) is 11.8. The van der Waals surface area contributed by atoms with Crippen LogP contribution in [0.4, 0.5) is 5.69 Å². The number of methoxy groups -OCH3 is 1. The van der Waals surface area contributed by atoms with Gasteiger partial charge in [-0.05, 0) is 60.2 Å². The van der Waals surface area contributed by atoms with Crippen molar-refractivity contribution in [3.63, 3.8) is 0 Å². The van der Waals surface area contributed by atoms with Crippen molar-refractivity contribution in [2.24, 2.45) is 0 Å². The molecular formula is C24H18N2O3.